The van der Waals surface area contributed by atoms with Crippen molar-refractivity contribution in [3.63, 3.8) is 0 Å². The molecule has 1 atom stereocenters. The van der Waals surface area contributed by atoms with Gasteiger partial charge >= 0.3 is 0 Å². The van der Waals surface area contributed by atoms with Crippen molar-refractivity contribution >= 4 is 15.9 Å². The second-order valence-electron chi connectivity index (χ2n) is 5.27. The van der Waals surface area contributed by atoms with Crippen LogP contribution >= 0.6 is 15.9 Å². The van der Waals surface area contributed by atoms with E-state index in [1.165, 1.54) is 11.1 Å². The van der Waals surface area contributed by atoms with Crippen LogP contribution in [-0.4, -0.2) is 20.3 Å². The molecule has 0 aliphatic rings. The summed E-state index contributed by atoms with van der Waals surface area (Å²) in [6, 6.07) is 14.7. The Kier molecular flexibility index (Phi) is 6.28. The minimum absolute atomic E-state index is 0.366. The molecule has 1 N–H and O–H groups in total. The fourth-order valence-corrected chi connectivity index (χ4v) is 2.78. The third-order valence-electron chi connectivity index (χ3n) is 3.59. The average molecular weight is 364 g/mol. The molecule has 2 aromatic carbocycles. The van der Waals surface area contributed by atoms with Crippen molar-refractivity contribution in [3.8, 4) is 11.5 Å². The maximum absolute atomic E-state index is 5.35. The summed E-state index contributed by atoms with van der Waals surface area (Å²) in [5.41, 5.74) is 2.49. The van der Waals surface area contributed by atoms with Crippen LogP contribution in [0.25, 0.3) is 0 Å². The summed E-state index contributed by atoms with van der Waals surface area (Å²) in [7, 11) is 3.32. The summed E-state index contributed by atoms with van der Waals surface area (Å²) in [5, 5.41) is 3.55. The molecule has 4 heteroatoms. The molecule has 2 aromatic rings. The molecule has 0 heterocycles. The quantitative estimate of drug-likeness (QED) is 0.799. The van der Waals surface area contributed by atoms with Crippen molar-refractivity contribution in [1.29, 1.82) is 0 Å². The zero-order chi connectivity index (χ0) is 15.9. The van der Waals surface area contributed by atoms with Gasteiger partial charge in [-0.3, -0.25) is 0 Å². The fourth-order valence-electron chi connectivity index (χ4n) is 2.36. The molecule has 3 nitrogen and oxygen atoms in total. The van der Waals surface area contributed by atoms with Crippen LogP contribution in [-0.2, 0) is 13.0 Å². The number of hydrogen-bond acceptors (Lipinski definition) is 3. The van der Waals surface area contributed by atoms with Gasteiger partial charge in [0.25, 0.3) is 0 Å². The Morgan fingerprint density at radius 3 is 2.45 bits per heavy atom. The Morgan fingerprint density at radius 1 is 1.05 bits per heavy atom. The highest BCUT2D eigenvalue weighted by Gasteiger charge is 2.08. The molecule has 22 heavy (non-hydrogen) atoms. The molecular weight excluding hydrogens is 342 g/mol. The van der Waals surface area contributed by atoms with Crippen LogP contribution in [0.1, 0.15) is 18.1 Å². The standard InChI is InChI=1S/C18H22BrNO2/c1-13(20-12-15-6-4-5-7-16(15)19)10-14-8-9-17(21-2)18(11-14)22-3/h4-9,11,13,20H,10,12H2,1-3H3/t13-/m1/s1. The largest absolute Gasteiger partial charge is 0.493 e. The van der Waals surface area contributed by atoms with E-state index in [2.05, 4.69) is 52.4 Å². The van der Waals surface area contributed by atoms with Crippen LogP contribution in [0, 0.1) is 0 Å². The molecule has 0 spiro atoms. The van der Waals surface area contributed by atoms with Crippen LogP contribution in [0.4, 0.5) is 0 Å². The van der Waals surface area contributed by atoms with Crippen molar-refractivity contribution in [2.24, 2.45) is 0 Å². The van der Waals surface area contributed by atoms with E-state index in [1.807, 2.05) is 18.2 Å². The SMILES string of the molecule is COc1ccc(C[C@@H](C)NCc2ccccc2Br)cc1OC. The summed E-state index contributed by atoms with van der Waals surface area (Å²) in [6.07, 6.45) is 0.935. The lowest BCUT2D eigenvalue weighted by molar-refractivity contribution is 0.354. The highest BCUT2D eigenvalue weighted by Crippen LogP contribution is 2.28. The highest BCUT2D eigenvalue weighted by atomic mass is 79.9. The smallest absolute Gasteiger partial charge is 0.160 e. The predicted molar refractivity (Wildman–Crippen MR) is 93.7 cm³/mol. The average Bonchev–Trinajstić information content (AvgIpc) is 2.54. The monoisotopic (exact) mass is 363 g/mol. The molecule has 0 amide bonds. The maximum atomic E-state index is 5.35. The predicted octanol–water partition coefficient (Wildman–Crippen LogP) is 4.19. The normalized spacial score (nSPS) is 12.0. The molecule has 0 radical (unpaired) electrons. The molecule has 118 valence electrons. The van der Waals surface area contributed by atoms with Crippen molar-refractivity contribution in [2.45, 2.75) is 25.9 Å². The van der Waals surface area contributed by atoms with E-state index in [1.54, 1.807) is 14.2 Å². The Bertz CT molecular complexity index is 616. The van der Waals surface area contributed by atoms with Gasteiger partial charge in [0, 0.05) is 17.1 Å². The van der Waals surface area contributed by atoms with Gasteiger partial charge in [0.05, 0.1) is 14.2 Å². The second-order valence-corrected chi connectivity index (χ2v) is 6.12. The molecule has 0 unspecified atom stereocenters. The van der Waals surface area contributed by atoms with Crippen molar-refractivity contribution < 1.29 is 9.47 Å². The van der Waals surface area contributed by atoms with Gasteiger partial charge in [-0.1, -0.05) is 40.2 Å². The topological polar surface area (TPSA) is 30.5 Å². The van der Waals surface area contributed by atoms with Crippen LogP contribution < -0.4 is 14.8 Å². The molecule has 2 rings (SSSR count). The van der Waals surface area contributed by atoms with E-state index >= 15 is 0 Å². The van der Waals surface area contributed by atoms with Gasteiger partial charge in [0.1, 0.15) is 0 Å². The number of nitrogens with one attached hydrogen (secondary N) is 1. The van der Waals surface area contributed by atoms with Crippen molar-refractivity contribution in [3.05, 3.63) is 58.1 Å². The van der Waals surface area contributed by atoms with E-state index in [0.29, 0.717) is 6.04 Å². The Balaban J connectivity index is 1.94. The number of halogens is 1. The van der Waals surface area contributed by atoms with Crippen molar-refractivity contribution in [1.82, 2.24) is 5.32 Å². The number of methoxy groups -OCH3 is 2. The Labute approximate surface area is 140 Å². The number of ether oxygens (including phenoxy) is 2. The maximum Gasteiger partial charge on any atom is 0.160 e. The summed E-state index contributed by atoms with van der Waals surface area (Å²) in [5.74, 6) is 1.54. The molecular formula is C18H22BrNO2. The Hall–Kier alpha value is -1.52. The third-order valence-corrected chi connectivity index (χ3v) is 4.36. The van der Waals surface area contributed by atoms with E-state index in [4.69, 9.17) is 9.47 Å². The van der Waals surface area contributed by atoms with Gasteiger partial charge in [-0.05, 0) is 42.7 Å². The minimum atomic E-state index is 0.366. The molecule has 0 bridgehead atoms. The van der Waals surface area contributed by atoms with Gasteiger partial charge in [0.15, 0.2) is 11.5 Å². The summed E-state index contributed by atoms with van der Waals surface area (Å²) >= 11 is 3.58. The summed E-state index contributed by atoms with van der Waals surface area (Å²) < 4.78 is 11.8. The first kappa shape index (κ1) is 16.8. The van der Waals surface area contributed by atoms with Crippen LogP contribution in [0.5, 0.6) is 11.5 Å². The molecule has 0 fully saturated rings. The summed E-state index contributed by atoms with van der Waals surface area (Å²) in [4.78, 5) is 0. The van der Waals surface area contributed by atoms with Gasteiger partial charge in [0.2, 0.25) is 0 Å². The molecule has 0 saturated heterocycles. The number of hydrogen-bond donors (Lipinski definition) is 1. The first-order valence-corrected chi connectivity index (χ1v) is 8.11. The van der Waals surface area contributed by atoms with Crippen molar-refractivity contribution in [2.75, 3.05) is 14.2 Å². The highest BCUT2D eigenvalue weighted by molar-refractivity contribution is 9.10. The zero-order valence-corrected chi connectivity index (χ0v) is 14.8. The van der Waals surface area contributed by atoms with Gasteiger partial charge < -0.3 is 14.8 Å². The second kappa shape index (κ2) is 8.20. The summed E-state index contributed by atoms with van der Waals surface area (Å²) in [6.45, 7) is 3.03. The number of benzene rings is 2. The van der Waals surface area contributed by atoms with E-state index in [0.717, 1.165) is 28.9 Å². The lowest BCUT2D eigenvalue weighted by Crippen LogP contribution is -2.27. The zero-order valence-electron chi connectivity index (χ0n) is 13.2. The number of rotatable bonds is 7. The lowest BCUT2D eigenvalue weighted by Gasteiger charge is -2.16. The molecule has 0 aliphatic heterocycles. The Morgan fingerprint density at radius 2 is 1.77 bits per heavy atom. The van der Waals surface area contributed by atoms with E-state index in [9.17, 15) is 0 Å². The first-order chi connectivity index (χ1) is 10.6. The van der Waals surface area contributed by atoms with E-state index < -0.39 is 0 Å². The van der Waals surface area contributed by atoms with Crippen LogP contribution in [0.2, 0.25) is 0 Å². The van der Waals surface area contributed by atoms with Crippen LogP contribution in [0.3, 0.4) is 0 Å². The lowest BCUT2D eigenvalue weighted by atomic mass is 10.1. The van der Waals surface area contributed by atoms with Gasteiger partial charge in [-0.25, -0.2) is 0 Å². The molecule has 0 saturated carbocycles. The first-order valence-electron chi connectivity index (χ1n) is 7.31. The van der Waals surface area contributed by atoms with Gasteiger partial charge in [-0.2, -0.15) is 0 Å². The molecule has 0 aromatic heterocycles. The fraction of sp³-hybridized carbons (Fsp3) is 0.333. The van der Waals surface area contributed by atoms with E-state index in [-0.39, 0.29) is 0 Å². The minimum Gasteiger partial charge on any atom is -0.493 e. The van der Waals surface area contributed by atoms with Crippen LogP contribution in [0.15, 0.2) is 46.9 Å². The van der Waals surface area contributed by atoms with Gasteiger partial charge in [-0.15, -0.1) is 0 Å². The third kappa shape index (κ3) is 4.49. The molecule has 0 aliphatic carbocycles.